The Labute approximate surface area is 226 Å². The molecule has 0 atom stereocenters. The van der Waals surface area contributed by atoms with Crippen LogP contribution in [0.2, 0.25) is 5.02 Å². The molecule has 0 radical (unpaired) electrons. The molecule has 0 saturated heterocycles. The van der Waals surface area contributed by atoms with E-state index < -0.39 is 11.8 Å². The lowest BCUT2D eigenvalue weighted by atomic mass is 10.0. The first-order valence-corrected chi connectivity index (χ1v) is 12.8. The van der Waals surface area contributed by atoms with Crippen molar-refractivity contribution in [3.63, 3.8) is 0 Å². The fourth-order valence-electron chi connectivity index (χ4n) is 3.28. The number of nitriles is 2. The number of carbonyl (C=O) groups excluding carboxylic acids is 2. The minimum absolute atomic E-state index is 0.0654. The summed E-state index contributed by atoms with van der Waals surface area (Å²) >= 11 is 10.4. The number of ether oxygens (including phenoxy) is 2. The van der Waals surface area contributed by atoms with Crippen molar-refractivity contribution in [1.29, 1.82) is 10.5 Å². The number of thiophene rings is 1. The van der Waals surface area contributed by atoms with E-state index in [-0.39, 0.29) is 29.0 Å². The summed E-state index contributed by atoms with van der Waals surface area (Å²) in [7, 11) is 0. The lowest BCUT2D eigenvalue weighted by Gasteiger charge is -2.09. The van der Waals surface area contributed by atoms with Crippen LogP contribution in [0.25, 0.3) is 6.08 Å². The number of hydrogen-bond donors (Lipinski definition) is 0. The number of nitrogens with zero attached hydrogens (tertiary/aromatic N) is 2. The van der Waals surface area contributed by atoms with E-state index in [2.05, 4.69) is 22.0 Å². The van der Waals surface area contributed by atoms with Gasteiger partial charge in [0.15, 0.2) is 5.78 Å². The molecule has 3 aromatic rings. The molecule has 2 aromatic carbocycles. The number of esters is 1. The largest absolute Gasteiger partial charge is 0.488 e. The fraction of sp³-hybridized carbons (Fsp3) is 0.185. The van der Waals surface area contributed by atoms with Gasteiger partial charge in [0.05, 0.1) is 22.2 Å². The molecule has 6 nitrogen and oxygen atoms in total. The highest BCUT2D eigenvalue weighted by Crippen LogP contribution is 2.31. The molecule has 0 N–H and O–H groups in total. The van der Waals surface area contributed by atoms with Crippen molar-refractivity contribution in [2.75, 3.05) is 6.61 Å². The van der Waals surface area contributed by atoms with Crippen molar-refractivity contribution >= 4 is 56.7 Å². The molecule has 0 amide bonds. The molecule has 0 fully saturated rings. The minimum atomic E-state index is -0.533. The lowest BCUT2D eigenvalue weighted by Crippen LogP contribution is -2.05. The van der Waals surface area contributed by atoms with E-state index in [0.29, 0.717) is 37.9 Å². The van der Waals surface area contributed by atoms with Gasteiger partial charge in [-0.15, -0.1) is 11.3 Å². The molecule has 0 aliphatic rings. The number of hydrogen-bond acceptors (Lipinski definition) is 7. The zero-order chi connectivity index (χ0) is 26.2. The SMILES string of the molecule is CCOC(=O)c1sc(CC(=O)C(C#N)=Cc2ccc(OCc3ccc(Cl)cc3)c(Br)c2)c(C#N)c1C. The van der Waals surface area contributed by atoms with Crippen molar-refractivity contribution in [1.82, 2.24) is 0 Å². The zero-order valence-corrected chi connectivity index (χ0v) is 22.6. The monoisotopic (exact) mass is 582 g/mol. The smallest absolute Gasteiger partial charge is 0.348 e. The van der Waals surface area contributed by atoms with Crippen molar-refractivity contribution in [3.8, 4) is 17.9 Å². The minimum Gasteiger partial charge on any atom is -0.488 e. The van der Waals surface area contributed by atoms with Gasteiger partial charge in [-0.2, -0.15) is 10.5 Å². The Kier molecular flexibility index (Phi) is 9.44. The molecule has 36 heavy (non-hydrogen) atoms. The third kappa shape index (κ3) is 6.61. The summed E-state index contributed by atoms with van der Waals surface area (Å²) in [6.45, 7) is 3.89. The molecule has 0 spiro atoms. The Morgan fingerprint density at radius 1 is 1.17 bits per heavy atom. The Hall–Kier alpha value is -3.43. The molecule has 0 aliphatic carbocycles. The second-order valence-electron chi connectivity index (χ2n) is 7.56. The molecular formula is C27H20BrClN2O4S. The zero-order valence-electron chi connectivity index (χ0n) is 19.4. The maximum Gasteiger partial charge on any atom is 0.348 e. The second-order valence-corrected chi connectivity index (χ2v) is 9.96. The average molecular weight is 584 g/mol. The summed E-state index contributed by atoms with van der Waals surface area (Å²) in [4.78, 5) is 25.8. The van der Waals surface area contributed by atoms with Crippen LogP contribution in [0.4, 0.5) is 0 Å². The first kappa shape index (κ1) is 27.2. The molecule has 9 heteroatoms. The Morgan fingerprint density at radius 3 is 2.50 bits per heavy atom. The Balaban J connectivity index is 1.76. The van der Waals surface area contributed by atoms with Crippen molar-refractivity contribution in [2.45, 2.75) is 26.9 Å². The normalized spacial score (nSPS) is 10.9. The summed E-state index contributed by atoms with van der Waals surface area (Å²) in [5.74, 6) is -0.384. The van der Waals surface area contributed by atoms with Crippen molar-refractivity contribution < 1.29 is 19.1 Å². The van der Waals surface area contributed by atoms with Gasteiger partial charge in [0.25, 0.3) is 0 Å². The maximum atomic E-state index is 12.9. The second kappa shape index (κ2) is 12.5. The van der Waals surface area contributed by atoms with E-state index in [9.17, 15) is 20.1 Å². The van der Waals surface area contributed by atoms with Crippen LogP contribution in [0.15, 0.2) is 52.5 Å². The summed E-state index contributed by atoms with van der Waals surface area (Å²) in [6, 6.07) is 16.6. The van der Waals surface area contributed by atoms with E-state index in [4.69, 9.17) is 21.1 Å². The Morgan fingerprint density at radius 2 is 1.89 bits per heavy atom. The van der Waals surface area contributed by atoms with Crippen LogP contribution in [0.3, 0.4) is 0 Å². The molecule has 1 aromatic heterocycles. The predicted molar refractivity (Wildman–Crippen MR) is 142 cm³/mol. The third-order valence-electron chi connectivity index (χ3n) is 5.11. The van der Waals surface area contributed by atoms with Gasteiger partial charge in [-0.25, -0.2) is 4.79 Å². The van der Waals surface area contributed by atoms with Crippen LogP contribution >= 0.6 is 38.9 Å². The van der Waals surface area contributed by atoms with E-state index in [1.807, 2.05) is 18.2 Å². The Bertz CT molecular complexity index is 1420. The van der Waals surface area contributed by atoms with Gasteiger partial charge in [-0.3, -0.25) is 4.79 Å². The number of halogens is 2. The molecule has 0 unspecified atom stereocenters. The molecule has 0 bridgehead atoms. The lowest BCUT2D eigenvalue weighted by molar-refractivity contribution is -0.114. The fourth-order valence-corrected chi connectivity index (χ4v) is 5.07. The van der Waals surface area contributed by atoms with E-state index in [1.54, 1.807) is 44.2 Å². The standard InChI is InChI=1S/C27H20BrClN2O4S/c1-3-34-27(33)26-16(2)21(14-31)25(36-26)12-23(32)19(13-30)10-18-6-9-24(22(28)11-18)35-15-17-4-7-20(29)8-5-17/h4-11H,3,12,15H2,1-2H3. The van der Waals surface area contributed by atoms with E-state index in [0.717, 1.165) is 16.9 Å². The molecule has 182 valence electrons. The van der Waals surface area contributed by atoms with Gasteiger partial charge in [-0.1, -0.05) is 29.8 Å². The third-order valence-corrected chi connectivity index (χ3v) is 7.25. The van der Waals surface area contributed by atoms with Crippen LogP contribution in [0.1, 0.15) is 43.7 Å². The van der Waals surface area contributed by atoms with Crippen LogP contribution in [-0.4, -0.2) is 18.4 Å². The van der Waals surface area contributed by atoms with Crippen LogP contribution in [-0.2, 0) is 22.6 Å². The highest BCUT2D eigenvalue weighted by Gasteiger charge is 2.23. The van der Waals surface area contributed by atoms with Gasteiger partial charge < -0.3 is 9.47 Å². The number of carbonyl (C=O) groups is 2. The van der Waals surface area contributed by atoms with Gasteiger partial charge in [0.2, 0.25) is 0 Å². The van der Waals surface area contributed by atoms with Crippen LogP contribution in [0.5, 0.6) is 5.75 Å². The average Bonchev–Trinajstić information content (AvgIpc) is 3.17. The molecule has 1 heterocycles. The van der Waals surface area contributed by atoms with E-state index in [1.165, 1.54) is 6.08 Å². The summed E-state index contributed by atoms with van der Waals surface area (Å²) < 4.78 is 11.5. The number of allylic oxidation sites excluding steroid dienone is 1. The predicted octanol–water partition coefficient (Wildman–Crippen LogP) is 6.82. The molecule has 3 rings (SSSR count). The quantitative estimate of drug-likeness (QED) is 0.156. The highest BCUT2D eigenvalue weighted by molar-refractivity contribution is 9.10. The van der Waals surface area contributed by atoms with Gasteiger partial charge in [-0.05, 0) is 76.8 Å². The van der Waals surface area contributed by atoms with Crippen LogP contribution in [0, 0.1) is 29.6 Å². The summed E-state index contributed by atoms with van der Waals surface area (Å²) in [5, 5.41) is 19.8. The first-order chi connectivity index (χ1) is 17.3. The van der Waals surface area contributed by atoms with Crippen LogP contribution < -0.4 is 4.74 Å². The molecular weight excluding hydrogens is 564 g/mol. The van der Waals surface area contributed by atoms with Crippen molar-refractivity contribution in [2.24, 2.45) is 0 Å². The maximum absolute atomic E-state index is 12.9. The topological polar surface area (TPSA) is 100 Å². The summed E-state index contributed by atoms with van der Waals surface area (Å²) in [6.07, 6.45) is 1.31. The number of rotatable bonds is 9. The van der Waals surface area contributed by atoms with Gasteiger partial charge >= 0.3 is 5.97 Å². The highest BCUT2D eigenvalue weighted by atomic mass is 79.9. The van der Waals surface area contributed by atoms with Gasteiger partial charge in [0.1, 0.15) is 29.4 Å². The van der Waals surface area contributed by atoms with E-state index >= 15 is 0 Å². The van der Waals surface area contributed by atoms with Gasteiger partial charge in [0, 0.05) is 16.3 Å². The molecule has 0 saturated carbocycles. The van der Waals surface area contributed by atoms with Crippen molar-refractivity contribution in [3.05, 3.63) is 89.5 Å². The number of benzene rings is 2. The number of Topliss-reactive ketones (excluding diaryl/α,β-unsaturated/α-hetero) is 1. The molecule has 0 aliphatic heterocycles. The number of ketones is 1. The first-order valence-electron chi connectivity index (χ1n) is 10.8. The summed E-state index contributed by atoms with van der Waals surface area (Å²) in [5.41, 5.74) is 2.26.